The van der Waals surface area contributed by atoms with Crippen molar-refractivity contribution in [3.05, 3.63) is 42.4 Å². The number of benzene rings is 1. The zero-order valence-corrected chi connectivity index (χ0v) is 13.1. The summed E-state index contributed by atoms with van der Waals surface area (Å²) in [5.41, 5.74) is 8.67. The van der Waals surface area contributed by atoms with Gasteiger partial charge in [0, 0.05) is 12.6 Å². The van der Waals surface area contributed by atoms with Crippen molar-refractivity contribution in [3.8, 4) is 11.6 Å². The Morgan fingerprint density at radius 2 is 2.22 bits per heavy atom. The summed E-state index contributed by atoms with van der Waals surface area (Å²) in [5.74, 6) is 1.16. The SMILES string of the molecule is Nc1nc2c(Oc3cc(C4=CCNCC4)ncn3)cccc2s1. The first-order chi connectivity index (χ1) is 11.3. The first kappa shape index (κ1) is 14.1. The Hall–Kier alpha value is -2.51. The molecule has 116 valence electrons. The van der Waals surface area contributed by atoms with Crippen molar-refractivity contribution in [2.45, 2.75) is 6.42 Å². The maximum absolute atomic E-state index is 5.93. The molecule has 6 nitrogen and oxygen atoms in total. The van der Waals surface area contributed by atoms with E-state index in [1.54, 1.807) is 0 Å². The highest BCUT2D eigenvalue weighted by Crippen LogP contribution is 2.33. The molecular formula is C16H15N5OS. The first-order valence-corrected chi connectivity index (χ1v) is 8.16. The molecule has 0 fully saturated rings. The van der Waals surface area contributed by atoms with Crippen molar-refractivity contribution in [2.24, 2.45) is 0 Å². The summed E-state index contributed by atoms with van der Waals surface area (Å²) in [6.45, 7) is 1.83. The van der Waals surface area contributed by atoms with E-state index in [9.17, 15) is 0 Å². The Kier molecular flexibility index (Phi) is 3.64. The number of hydrogen-bond donors (Lipinski definition) is 2. The summed E-state index contributed by atoms with van der Waals surface area (Å²) in [5, 5.41) is 3.82. The zero-order chi connectivity index (χ0) is 15.6. The topological polar surface area (TPSA) is 86.0 Å². The highest BCUT2D eigenvalue weighted by Gasteiger charge is 2.12. The number of anilines is 1. The lowest BCUT2D eigenvalue weighted by molar-refractivity contribution is 0.465. The van der Waals surface area contributed by atoms with Gasteiger partial charge in [0.05, 0.1) is 10.4 Å². The van der Waals surface area contributed by atoms with Gasteiger partial charge in [0.25, 0.3) is 0 Å². The lowest BCUT2D eigenvalue weighted by Gasteiger charge is -2.13. The van der Waals surface area contributed by atoms with Gasteiger partial charge in [-0.1, -0.05) is 23.5 Å². The molecular weight excluding hydrogens is 310 g/mol. The maximum atomic E-state index is 5.93. The van der Waals surface area contributed by atoms with Gasteiger partial charge in [-0.15, -0.1) is 0 Å². The number of hydrogen-bond acceptors (Lipinski definition) is 7. The second kappa shape index (κ2) is 5.94. The number of nitrogens with zero attached hydrogens (tertiary/aromatic N) is 3. The molecule has 0 amide bonds. The number of aromatic nitrogens is 3. The van der Waals surface area contributed by atoms with Gasteiger partial charge >= 0.3 is 0 Å². The van der Waals surface area contributed by atoms with Crippen LogP contribution in [0.2, 0.25) is 0 Å². The number of fused-ring (bicyclic) bond motifs is 1. The molecule has 1 aliphatic heterocycles. The highest BCUT2D eigenvalue weighted by molar-refractivity contribution is 7.22. The van der Waals surface area contributed by atoms with Crippen molar-refractivity contribution in [2.75, 3.05) is 18.8 Å². The Morgan fingerprint density at radius 3 is 3.09 bits per heavy atom. The molecule has 0 bridgehead atoms. The molecule has 23 heavy (non-hydrogen) atoms. The molecule has 1 aromatic carbocycles. The molecule has 1 aliphatic rings. The molecule has 3 aromatic rings. The van der Waals surface area contributed by atoms with Crippen LogP contribution in [0, 0.1) is 0 Å². The Bertz CT molecular complexity index is 889. The number of thiazole rings is 1. The monoisotopic (exact) mass is 325 g/mol. The minimum absolute atomic E-state index is 0.508. The average molecular weight is 325 g/mol. The molecule has 0 spiro atoms. The van der Waals surface area contributed by atoms with Crippen molar-refractivity contribution >= 4 is 32.3 Å². The molecule has 0 saturated heterocycles. The van der Waals surface area contributed by atoms with Gasteiger partial charge in [0.2, 0.25) is 5.88 Å². The second-order valence-corrected chi connectivity index (χ2v) is 6.24. The highest BCUT2D eigenvalue weighted by atomic mass is 32.1. The quantitative estimate of drug-likeness (QED) is 0.770. The number of nitrogens with one attached hydrogen (secondary N) is 1. The molecule has 4 rings (SSSR count). The minimum atomic E-state index is 0.508. The summed E-state index contributed by atoms with van der Waals surface area (Å²) >= 11 is 1.44. The van der Waals surface area contributed by atoms with Crippen LogP contribution in [0.25, 0.3) is 15.8 Å². The van der Waals surface area contributed by atoms with Crippen LogP contribution in [0.1, 0.15) is 12.1 Å². The molecule has 0 unspecified atom stereocenters. The largest absolute Gasteiger partial charge is 0.437 e. The van der Waals surface area contributed by atoms with Gasteiger partial charge in [-0.3, -0.25) is 0 Å². The van der Waals surface area contributed by atoms with E-state index in [0.717, 1.165) is 35.4 Å². The zero-order valence-electron chi connectivity index (χ0n) is 12.3. The minimum Gasteiger partial charge on any atom is -0.437 e. The molecule has 7 heteroatoms. The maximum Gasteiger partial charge on any atom is 0.222 e. The van der Waals surface area contributed by atoms with Crippen molar-refractivity contribution < 1.29 is 4.74 Å². The first-order valence-electron chi connectivity index (χ1n) is 7.34. The van der Waals surface area contributed by atoms with Gasteiger partial charge in [-0.2, -0.15) is 0 Å². The van der Waals surface area contributed by atoms with Crippen LogP contribution in [-0.4, -0.2) is 28.0 Å². The Labute approximate surface area is 137 Å². The third-order valence-corrected chi connectivity index (χ3v) is 4.50. The molecule has 0 radical (unpaired) electrons. The van der Waals surface area contributed by atoms with Gasteiger partial charge in [0.1, 0.15) is 11.8 Å². The van der Waals surface area contributed by atoms with Crippen LogP contribution in [0.5, 0.6) is 11.6 Å². The predicted octanol–water partition coefficient (Wildman–Crippen LogP) is 2.84. The van der Waals surface area contributed by atoms with E-state index in [1.807, 2.05) is 24.3 Å². The fourth-order valence-corrected chi connectivity index (χ4v) is 3.31. The molecule has 3 N–H and O–H groups in total. The van der Waals surface area contributed by atoms with Gasteiger partial charge in [-0.25, -0.2) is 15.0 Å². The normalized spacial score (nSPS) is 14.7. The van der Waals surface area contributed by atoms with Crippen LogP contribution in [0.4, 0.5) is 5.13 Å². The van der Waals surface area contributed by atoms with Gasteiger partial charge in [0.15, 0.2) is 10.9 Å². The summed E-state index contributed by atoms with van der Waals surface area (Å²) in [7, 11) is 0. The van der Waals surface area contributed by atoms with Crippen LogP contribution in [0.15, 0.2) is 36.7 Å². The smallest absolute Gasteiger partial charge is 0.222 e. The van der Waals surface area contributed by atoms with Crippen LogP contribution in [0.3, 0.4) is 0 Å². The summed E-state index contributed by atoms with van der Waals surface area (Å²) in [6.07, 6.45) is 4.63. The number of nitrogen functional groups attached to an aromatic ring is 1. The molecule has 0 aliphatic carbocycles. The van der Waals surface area contributed by atoms with Crippen molar-refractivity contribution in [1.29, 1.82) is 0 Å². The number of ether oxygens (including phenoxy) is 1. The van der Waals surface area contributed by atoms with Gasteiger partial charge < -0.3 is 15.8 Å². The molecule has 2 aromatic heterocycles. The van der Waals surface area contributed by atoms with E-state index in [0.29, 0.717) is 16.8 Å². The third-order valence-electron chi connectivity index (χ3n) is 3.65. The van der Waals surface area contributed by atoms with Gasteiger partial charge in [-0.05, 0) is 30.7 Å². The van der Waals surface area contributed by atoms with Crippen molar-refractivity contribution in [3.63, 3.8) is 0 Å². The number of nitrogens with two attached hydrogens (primary N) is 1. The predicted molar refractivity (Wildman–Crippen MR) is 91.6 cm³/mol. The van der Waals surface area contributed by atoms with Crippen molar-refractivity contribution in [1.82, 2.24) is 20.3 Å². The van der Waals surface area contributed by atoms with E-state index < -0.39 is 0 Å². The molecule has 3 heterocycles. The lowest BCUT2D eigenvalue weighted by atomic mass is 10.1. The standard InChI is InChI=1S/C16H15N5OS/c17-16-21-15-12(2-1-3-13(15)23-16)22-14-8-11(19-9-20-14)10-4-6-18-7-5-10/h1-4,8-9,18H,5-7H2,(H2,17,21). The third kappa shape index (κ3) is 2.88. The molecule has 0 saturated carbocycles. The number of para-hydroxylation sites is 1. The fraction of sp³-hybridized carbons (Fsp3) is 0.188. The van der Waals surface area contributed by atoms with Crippen LogP contribution in [-0.2, 0) is 0 Å². The lowest BCUT2D eigenvalue weighted by Crippen LogP contribution is -2.20. The summed E-state index contributed by atoms with van der Waals surface area (Å²) in [4.78, 5) is 12.9. The fourth-order valence-electron chi connectivity index (χ4n) is 2.56. The summed E-state index contributed by atoms with van der Waals surface area (Å²) < 4.78 is 6.93. The van der Waals surface area contributed by atoms with E-state index >= 15 is 0 Å². The van der Waals surface area contributed by atoms with E-state index in [4.69, 9.17) is 10.5 Å². The van der Waals surface area contributed by atoms with Crippen LogP contribution >= 0.6 is 11.3 Å². The second-order valence-electron chi connectivity index (χ2n) is 5.18. The summed E-state index contributed by atoms with van der Waals surface area (Å²) in [6, 6.07) is 7.63. The molecule has 0 atom stereocenters. The average Bonchev–Trinajstić information content (AvgIpc) is 2.97. The number of rotatable bonds is 3. The van der Waals surface area contributed by atoms with E-state index in [1.165, 1.54) is 23.2 Å². The Balaban J connectivity index is 1.67. The van der Waals surface area contributed by atoms with E-state index in [2.05, 4.69) is 26.3 Å². The van der Waals surface area contributed by atoms with Crippen LogP contribution < -0.4 is 15.8 Å². The Morgan fingerprint density at radius 1 is 1.26 bits per heavy atom. The van der Waals surface area contributed by atoms with E-state index in [-0.39, 0.29) is 0 Å².